The number of nitrogens with zero attached hydrogens (tertiary/aromatic N) is 1. The first kappa shape index (κ1) is 12.1. The molecule has 1 saturated heterocycles. The maximum absolute atomic E-state index is 13.1. The summed E-state index contributed by atoms with van der Waals surface area (Å²) >= 11 is 0. The highest BCUT2D eigenvalue weighted by molar-refractivity contribution is 5.87. The van der Waals surface area contributed by atoms with E-state index in [4.69, 9.17) is 5.11 Å². The van der Waals surface area contributed by atoms with Crippen LogP contribution < -0.4 is 0 Å². The minimum absolute atomic E-state index is 0.121. The van der Waals surface area contributed by atoms with Crippen molar-refractivity contribution < 1.29 is 36.6 Å². The molecule has 0 bridgehead atoms. The Kier molecular flexibility index (Phi) is 2.04. The van der Waals surface area contributed by atoms with Crippen molar-refractivity contribution in [2.45, 2.75) is 12.1 Å². The van der Waals surface area contributed by atoms with Crippen LogP contribution in [0.5, 0.6) is 0 Å². The van der Waals surface area contributed by atoms with Gasteiger partial charge in [0, 0.05) is 13.1 Å². The number of amides is 1. The summed E-state index contributed by atoms with van der Waals surface area (Å²) in [7, 11) is 0. The van der Waals surface area contributed by atoms with Gasteiger partial charge in [0.25, 0.3) is 5.92 Å². The highest BCUT2D eigenvalue weighted by atomic mass is 19.4. The van der Waals surface area contributed by atoms with Gasteiger partial charge in [-0.1, -0.05) is 0 Å². The van der Waals surface area contributed by atoms with Gasteiger partial charge in [-0.15, -0.1) is 0 Å². The Morgan fingerprint density at radius 1 is 1.29 bits per heavy atom. The number of piperidine rings is 1. The number of hydrogen-bond donors (Lipinski definition) is 1. The molecule has 2 unspecified atom stereocenters. The monoisotopic (exact) mass is 259 g/mol. The van der Waals surface area contributed by atoms with E-state index in [1.807, 2.05) is 0 Å². The van der Waals surface area contributed by atoms with Crippen molar-refractivity contribution in [1.82, 2.24) is 4.90 Å². The predicted molar refractivity (Wildman–Crippen MR) is 41.1 cm³/mol. The quantitative estimate of drug-likeness (QED) is 0.706. The molecule has 0 aromatic heterocycles. The summed E-state index contributed by atoms with van der Waals surface area (Å²) in [6, 6.07) is 0. The number of hydrogen-bond acceptors (Lipinski definition) is 2. The summed E-state index contributed by atoms with van der Waals surface area (Å²) in [6.45, 7) is -1.98. The van der Waals surface area contributed by atoms with E-state index in [9.17, 15) is 31.5 Å². The number of alkyl halides is 5. The molecule has 2 rings (SSSR count). The summed E-state index contributed by atoms with van der Waals surface area (Å²) in [6.07, 6.45) is -5.17. The molecule has 0 aromatic rings. The highest BCUT2D eigenvalue weighted by Crippen LogP contribution is 2.69. The van der Waals surface area contributed by atoms with Gasteiger partial charge in [0.05, 0.1) is 5.92 Å². The summed E-state index contributed by atoms with van der Waals surface area (Å²) < 4.78 is 62.3. The third kappa shape index (κ3) is 1.27. The van der Waals surface area contributed by atoms with Crippen LogP contribution in [-0.4, -0.2) is 47.1 Å². The molecule has 2 atom stereocenters. The lowest BCUT2D eigenvalue weighted by Crippen LogP contribution is -2.44. The Labute approximate surface area is 91.0 Å². The standard InChI is InChI=1S/C8H6F5NO3/c9-7(10)3-1-14(4(15)8(11,12)13)2-6(3,7)5(16)17/h3H,1-2H2,(H,16,17). The number of rotatable bonds is 1. The smallest absolute Gasteiger partial charge is 0.471 e. The molecule has 4 nitrogen and oxygen atoms in total. The Bertz CT molecular complexity index is 406. The van der Waals surface area contributed by atoms with Crippen molar-refractivity contribution in [3.8, 4) is 0 Å². The molecule has 1 amide bonds. The van der Waals surface area contributed by atoms with Crippen LogP contribution in [-0.2, 0) is 9.59 Å². The third-order valence-electron chi connectivity index (χ3n) is 3.30. The number of fused-ring (bicyclic) bond motifs is 1. The van der Waals surface area contributed by atoms with E-state index in [-0.39, 0.29) is 4.90 Å². The molecule has 2 aliphatic rings. The Hall–Kier alpha value is -1.41. The van der Waals surface area contributed by atoms with Crippen LogP contribution in [0.3, 0.4) is 0 Å². The van der Waals surface area contributed by atoms with E-state index in [2.05, 4.69) is 0 Å². The van der Waals surface area contributed by atoms with Crippen molar-refractivity contribution >= 4 is 11.9 Å². The van der Waals surface area contributed by atoms with Crippen LogP contribution in [0.1, 0.15) is 0 Å². The molecule has 0 radical (unpaired) electrons. The lowest BCUT2D eigenvalue weighted by molar-refractivity contribution is -0.186. The number of carboxylic acids is 1. The molecule has 0 aromatic carbocycles. The summed E-state index contributed by atoms with van der Waals surface area (Å²) in [5.74, 6) is -9.41. The minimum atomic E-state index is -5.17. The average molecular weight is 259 g/mol. The van der Waals surface area contributed by atoms with E-state index in [1.54, 1.807) is 0 Å². The molecular weight excluding hydrogens is 253 g/mol. The van der Waals surface area contributed by atoms with E-state index in [0.29, 0.717) is 0 Å². The van der Waals surface area contributed by atoms with Crippen molar-refractivity contribution in [2.24, 2.45) is 11.3 Å². The highest BCUT2D eigenvalue weighted by Gasteiger charge is 2.88. The Morgan fingerprint density at radius 2 is 1.82 bits per heavy atom. The second-order valence-corrected chi connectivity index (χ2v) is 4.14. The average Bonchev–Trinajstić information content (AvgIpc) is 2.56. The van der Waals surface area contributed by atoms with Gasteiger partial charge in [-0.2, -0.15) is 13.2 Å². The minimum Gasteiger partial charge on any atom is -0.481 e. The Balaban J connectivity index is 2.19. The van der Waals surface area contributed by atoms with E-state index in [1.165, 1.54) is 0 Å². The molecule has 0 spiro atoms. The molecule has 1 saturated carbocycles. The van der Waals surface area contributed by atoms with Crippen molar-refractivity contribution in [3.05, 3.63) is 0 Å². The van der Waals surface area contributed by atoms with E-state index in [0.717, 1.165) is 0 Å². The summed E-state index contributed by atoms with van der Waals surface area (Å²) in [5.41, 5.74) is -2.53. The SMILES string of the molecule is O=C(N1CC2C(F)(F)C2(C(=O)O)C1)C(F)(F)F. The van der Waals surface area contributed by atoms with Gasteiger partial charge in [0.1, 0.15) is 0 Å². The molecule has 1 heterocycles. The zero-order chi connectivity index (χ0) is 13.2. The third-order valence-corrected chi connectivity index (χ3v) is 3.30. The fraction of sp³-hybridized carbons (Fsp3) is 0.750. The number of carboxylic acid groups (broad SMARTS) is 1. The first-order chi connectivity index (χ1) is 7.55. The number of aliphatic carboxylic acids is 1. The number of halogens is 5. The fourth-order valence-corrected chi connectivity index (χ4v) is 2.30. The zero-order valence-corrected chi connectivity index (χ0v) is 8.09. The van der Waals surface area contributed by atoms with Crippen LogP contribution in [0.25, 0.3) is 0 Å². The zero-order valence-electron chi connectivity index (χ0n) is 8.09. The molecule has 17 heavy (non-hydrogen) atoms. The first-order valence-electron chi connectivity index (χ1n) is 4.52. The lowest BCUT2D eigenvalue weighted by atomic mass is 10.1. The van der Waals surface area contributed by atoms with Crippen LogP contribution >= 0.6 is 0 Å². The van der Waals surface area contributed by atoms with Crippen molar-refractivity contribution in [3.63, 3.8) is 0 Å². The van der Waals surface area contributed by atoms with Gasteiger partial charge in [-0.25, -0.2) is 8.78 Å². The van der Waals surface area contributed by atoms with Gasteiger partial charge in [-0.3, -0.25) is 9.59 Å². The molecule has 96 valence electrons. The molecule has 2 fully saturated rings. The predicted octanol–water partition coefficient (Wildman–Crippen LogP) is 0.727. The van der Waals surface area contributed by atoms with Crippen molar-refractivity contribution in [1.29, 1.82) is 0 Å². The van der Waals surface area contributed by atoms with Crippen LogP contribution in [0.2, 0.25) is 0 Å². The van der Waals surface area contributed by atoms with Crippen molar-refractivity contribution in [2.75, 3.05) is 13.1 Å². The first-order valence-corrected chi connectivity index (χ1v) is 4.52. The maximum atomic E-state index is 13.1. The largest absolute Gasteiger partial charge is 0.481 e. The van der Waals surface area contributed by atoms with Crippen LogP contribution in [0.4, 0.5) is 22.0 Å². The van der Waals surface area contributed by atoms with Crippen LogP contribution in [0, 0.1) is 11.3 Å². The second-order valence-electron chi connectivity index (χ2n) is 4.14. The molecule has 1 aliphatic heterocycles. The lowest BCUT2D eigenvalue weighted by Gasteiger charge is -2.22. The van der Waals surface area contributed by atoms with Gasteiger partial charge in [0.2, 0.25) is 0 Å². The van der Waals surface area contributed by atoms with Gasteiger partial charge < -0.3 is 10.0 Å². The number of likely N-dealkylation sites (tertiary alicyclic amines) is 1. The maximum Gasteiger partial charge on any atom is 0.471 e. The fourth-order valence-electron chi connectivity index (χ4n) is 2.30. The normalized spacial score (nSPS) is 34.4. The molecule has 9 heteroatoms. The molecule has 1 aliphatic carbocycles. The van der Waals surface area contributed by atoms with E-state index >= 15 is 0 Å². The van der Waals surface area contributed by atoms with Gasteiger partial charge in [-0.05, 0) is 0 Å². The second kappa shape index (κ2) is 2.88. The number of carbonyl (C=O) groups excluding carboxylic acids is 1. The molecular formula is C8H6F5NO3. The molecule has 1 N–H and O–H groups in total. The topological polar surface area (TPSA) is 57.6 Å². The Morgan fingerprint density at radius 3 is 2.18 bits per heavy atom. The van der Waals surface area contributed by atoms with Gasteiger partial charge >= 0.3 is 18.1 Å². The van der Waals surface area contributed by atoms with E-state index < -0.39 is 48.4 Å². The van der Waals surface area contributed by atoms with Crippen LogP contribution in [0.15, 0.2) is 0 Å². The van der Waals surface area contributed by atoms with Gasteiger partial charge in [0.15, 0.2) is 5.41 Å². The summed E-state index contributed by atoms with van der Waals surface area (Å²) in [4.78, 5) is 21.6. The summed E-state index contributed by atoms with van der Waals surface area (Å²) in [5, 5.41) is 8.65. The number of carbonyl (C=O) groups is 2.